The second-order valence-corrected chi connectivity index (χ2v) is 5.30. The number of carbonyl (C=O) groups is 2. The van der Waals surface area contributed by atoms with Crippen molar-refractivity contribution in [3.8, 4) is 5.75 Å². The summed E-state index contributed by atoms with van der Waals surface area (Å²) in [4.78, 5) is 25.3. The molecule has 0 bridgehead atoms. The summed E-state index contributed by atoms with van der Waals surface area (Å²) >= 11 is 0. The summed E-state index contributed by atoms with van der Waals surface area (Å²) in [5, 5.41) is 2.13. The molecule has 0 fully saturated rings. The third-order valence-electron chi connectivity index (χ3n) is 3.48. The van der Waals surface area contributed by atoms with Crippen LogP contribution in [0.25, 0.3) is 0 Å². The van der Waals surface area contributed by atoms with E-state index in [1.54, 1.807) is 31.2 Å². The molecule has 1 atom stereocenters. The Morgan fingerprint density at radius 2 is 2.08 bits per heavy atom. The number of hydrogen-bond donors (Lipinski definition) is 2. The Bertz CT molecular complexity index is 601. The number of fused-ring (bicyclic) bond motifs is 1. The van der Waals surface area contributed by atoms with Crippen LogP contribution in [0.5, 0.6) is 5.75 Å². The minimum absolute atomic E-state index is 0. The fraction of sp³-hybridized carbons (Fsp3) is 0.467. The highest BCUT2D eigenvalue weighted by molar-refractivity contribution is 6.00. The fourth-order valence-electron chi connectivity index (χ4n) is 2.19. The van der Waals surface area contributed by atoms with Crippen LogP contribution in [0.4, 0.5) is 14.5 Å². The lowest BCUT2D eigenvalue weighted by molar-refractivity contribution is -0.126. The zero-order valence-electron chi connectivity index (χ0n) is 13.1. The van der Waals surface area contributed by atoms with Gasteiger partial charge in [0.05, 0.1) is 18.8 Å². The number of halogens is 3. The highest BCUT2D eigenvalue weighted by atomic mass is 35.5. The maximum Gasteiger partial charge on any atom is 0.277 e. The number of ether oxygens (including phenoxy) is 1. The van der Waals surface area contributed by atoms with Crippen molar-refractivity contribution < 1.29 is 23.1 Å². The van der Waals surface area contributed by atoms with Crippen molar-refractivity contribution in [2.75, 3.05) is 24.5 Å². The average Bonchev–Trinajstić information content (AvgIpc) is 2.53. The smallest absolute Gasteiger partial charge is 0.277 e. The van der Waals surface area contributed by atoms with E-state index in [0.29, 0.717) is 11.4 Å². The highest BCUT2D eigenvalue weighted by Gasteiger charge is 2.32. The van der Waals surface area contributed by atoms with E-state index in [9.17, 15) is 18.4 Å². The number of anilines is 1. The standard InChI is InChI=1S/C15H19F2N3O3.ClH/c1-10-14(22)20(11-4-2-3-5-12(11)23-10)7-6-13(21)19-9-15(16,17)8-18;/h2-5,10H,6-9,18H2,1H3,(H,19,21);1H. The summed E-state index contributed by atoms with van der Waals surface area (Å²) in [6, 6.07) is 6.97. The van der Waals surface area contributed by atoms with E-state index in [2.05, 4.69) is 5.32 Å². The van der Waals surface area contributed by atoms with Crippen LogP contribution < -0.4 is 20.7 Å². The van der Waals surface area contributed by atoms with Crippen molar-refractivity contribution >= 4 is 29.9 Å². The predicted octanol–water partition coefficient (Wildman–Crippen LogP) is 1.32. The first-order chi connectivity index (χ1) is 10.8. The van der Waals surface area contributed by atoms with Crippen LogP contribution >= 0.6 is 12.4 Å². The minimum atomic E-state index is -3.13. The summed E-state index contributed by atoms with van der Waals surface area (Å²) in [6.07, 6.45) is -0.748. The predicted molar refractivity (Wildman–Crippen MR) is 87.8 cm³/mol. The molecule has 2 amide bonds. The molecule has 24 heavy (non-hydrogen) atoms. The molecule has 6 nitrogen and oxygen atoms in total. The van der Waals surface area contributed by atoms with E-state index in [0.717, 1.165) is 0 Å². The number of amides is 2. The molecule has 0 aliphatic carbocycles. The topological polar surface area (TPSA) is 84.7 Å². The first kappa shape index (κ1) is 20.1. The largest absolute Gasteiger partial charge is 0.479 e. The number of nitrogens with zero attached hydrogens (tertiary/aromatic N) is 1. The maximum absolute atomic E-state index is 13.0. The van der Waals surface area contributed by atoms with Gasteiger partial charge in [-0.3, -0.25) is 9.59 Å². The fourth-order valence-corrected chi connectivity index (χ4v) is 2.19. The Hall–Kier alpha value is -1.93. The molecule has 0 saturated carbocycles. The number of nitrogens with two attached hydrogens (primary N) is 1. The third kappa shape index (κ3) is 4.78. The van der Waals surface area contributed by atoms with Crippen molar-refractivity contribution in [2.45, 2.75) is 25.4 Å². The van der Waals surface area contributed by atoms with Crippen LogP contribution in [0, 0.1) is 0 Å². The summed E-state index contributed by atoms with van der Waals surface area (Å²) in [5.41, 5.74) is 5.47. The number of carbonyl (C=O) groups excluding carboxylic acids is 2. The van der Waals surface area contributed by atoms with Crippen LogP contribution in [0.3, 0.4) is 0 Å². The van der Waals surface area contributed by atoms with Gasteiger partial charge in [0, 0.05) is 13.0 Å². The van der Waals surface area contributed by atoms with Gasteiger partial charge in [-0.15, -0.1) is 12.4 Å². The van der Waals surface area contributed by atoms with Gasteiger partial charge in [-0.25, -0.2) is 8.78 Å². The average molecular weight is 364 g/mol. The second kappa shape index (κ2) is 8.25. The molecule has 2 rings (SSSR count). The highest BCUT2D eigenvalue weighted by Crippen LogP contribution is 2.33. The zero-order chi connectivity index (χ0) is 17.0. The lowest BCUT2D eigenvalue weighted by Gasteiger charge is -2.32. The molecule has 0 saturated heterocycles. The van der Waals surface area contributed by atoms with Gasteiger partial charge in [0.2, 0.25) is 5.91 Å². The Kier molecular flexibility index (Phi) is 6.92. The molecule has 1 aliphatic heterocycles. The first-order valence-electron chi connectivity index (χ1n) is 7.26. The summed E-state index contributed by atoms with van der Waals surface area (Å²) in [7, 11) is 0. The van der Waals surface area contributed by atoms with Gasteiger partial charge in [-0.05, 0) is 19.1 Å². The first-order valence-corrected chi connectivity index (χ1v) is 7.26. The van der Waals surface area contributed by atoms with E-state index < -0.39 is 31.0 Å². The maximum atomic E-state index is 13.0. The summed E-state index contributed by atoms with van der Waals surface area (Å²) < 4.78 is 31.5. The van der Waals surface area contributed by atoms with Gasteiger partial charge in [0.1, 0.15) is 5.75 Å². The molecule has 1 aromatic carbocycles. The van der Waals surface area contributed by atoms with Crippen LogP contribution in [0.15, 0.2) is 24.3 Å². The van der Waals surface area contributed by atoms with Gasteiger partial charge in [-0.2, -0.15) is 0 Å². The van der Waals surface area contributed by atoms with Crippen molar-refractivity contribution in [1.82, 2.24) is 5.32 Å². The van der Waals surface area contributed by atoms with Crippen LogP contribution in [0.2, 0.25) is 0 Å². The quantitative estimate of drug-likeness (QED) is 0.798. The molecule has 1 unspecified atom stereocenters. The molecule has 0 spiro atoms. The van der Waals surface area contributed by atoms with Crippen LogP contribution in [-0.4, -0.2) is 43.5 Å². The van der Waals surface area contributed by atoms with E-state index in [4.69, 9.17) is 10.5 Å². The molecule has 134 valence electrons. The minimum Gasteiger partial charge on any atom is -0.479 e. The number of para-hydroxylation sites is 2. The van der Waals surface area contributed by atoms with E-state index >= 15 is 0 Å². The Morgan fingerprint density at radius 3 is 2.75 bits per heavy atom. The second-order valence-electron chi connectivity index (χ2n) is 5.30. The van der Waals surface area contributed by atoms with Crippen molar-refractivity contribution in [3.63, 3.8) is 0 Å². The lowest BCUT2D eigenvalue weighted by atomic mass is 10.1. The SMILES string of the molecule is CC1Oc2ccccc2N(CCC(=O)NCC(F)(F)CN)C1=O.Cl. The molecular weight excluding hydrogens is 344 g/mol. The number of benzene rings is 1. The molecule has 0 radical (unpaired) electrons. The molecule has 1 heterocycles. The normalized spacial score (nSPS) is 16.8. The Balaban J connectivity index is 0.00000288. The van der Waals surface area contributed by atoms with Crippen LogP contribution in [0.1, 0.15) is 13.3 Å². The Morgan fingerprint density at radius 1 is 1.42 bits per heavy atom. The van der Waals surface area contributed by atoms with E-state index in [-0.39, 0.29) is 31.3 Å². The molecule has 9 heteroatoms. The number of alkyl halides is 2. The van der Waals surface area contributed by atoms with Gasteiger partial charge >= 0.3 is 0 Å². The third-order valence-corrected chi connectivity index (χ3v) is 3.48. The monoisotopic (exact) mass is 363 g/mol. The van der Waals surface area contributed by atoms with Crippen molar-refractivity contribution in [3.05, 3.63) is 24.3 Å². The van der Waals surface area contributed by atoms with Gasteiger partial charge in [0.15, 0.2) is 6.10 Å². The lowest BCUT2D eigenvalue weighted by Crippen LogP contribution is -2.46. The number of nitrogens with one attached hydrogen (secondary N) is 1. The van der Waals surface area contributed by atoms with Gasteiger partial charge < -0.3 is 20.7 Å². The number of hydrogen-bond acceptors (Lipinski definition) is 4. The van der Waals surface area contributed by atoms with Gasteiger partial charge in [0.25, 0.3) is 11.8 Å². The van der Waals surface area contributed by atoms with Crippen molar-refractivity contribution in [1.29, 1.82) is 0 Å². The molecule has 3 N–H and O–H groups in total. The zero-order valence-corrected chi connectivity index (χ0v) is 13.9. The summed E-state index contributed by atoms with van der Waals surface area (Å²) in [6.45, 7) is 0.0588. The van der Waals surface area contributed by atoms with E-state index in [1.165, 1.54) is 4.90 Å². The number of rotatable bonds is 6. The molecule has 1 aliphatic rings. The van der Waals surface area contributed by atoms with Crippen molar-refractivity contribution in [2.24, 2.45) is 5.73 Å². The molecule has 1 aromatic rings. The summed E-state index contributed by atoms with van der Waals surface area (Å²) in [5.74, 6) is -3.42. The molecular formula is C15H20ClF2N3O3. The Labute approximate surface area is 144 Å². The molecule has 0 aromatic heterocycles. The van der Waals surface area contributed by atoms with Gasteiger partial charge in [-0.1, -0.05) is 12.1 Å². The van der Waals surface area contributed by atoms with E-state index in [1.807, 2.05) is 0 Å². The van der Waals surface area contributed by atoms with Crippen LogP contribution in [-0.2, 0) is 9.59 Å².